The number of fused-ring (bicyclic) bond motifs is 1. The van der Waals surface area contributed by atoms with Gasteiger partial charge in [0.1, 0.15) is 10.8 Å². The molecular formula is C22H15N3O3S. The number of phenolic OH excluding ortho intramolecular Hbond substituents is 1. The third kappa shape index (κ3) is 4.20. The van der Waals surface area contributed by atoms with Crippen LogP contribution in [0.3, 0.4) is 0 Å². The highest BCUT2D eigenvalue weighted by Gasteiger charge is 2.11. The Balaban J connectivity index is 1.56. The van der Waals surface area contributed by atoms with E-state index in [4.69, 9.17) is 0 Å². The molecule has 0 atom stereocenters. The van der Waals surface area contributed by atoms with Crippen molar-refractivity contribution in [2.24, 2.45) is 4.99 Å². The van der Waals surface area contributed by atoms with Crippen molar-refractivity contribution in [3.8, 4) is 16.3 Å². The van der Waals surface area contributed by atoms with E-state index in [0.29, 0.717) is 16.8 Å². The highest BCUT2D eigenvalue weighted by atomic mass is 32.1. The smallest absolute Gasteiger partial charge is 0.270 e. The van der Waals surface area contributed by atoms with Gasteiger partial charge in [-0.05, 0) is 42.0 Å². The Hall–Kier alpha value is -3.84. The Kier molecular flexibility index (Phi) is 5.13. The summed E-state index contributed by atoms with van der Waals surface area (Å²) in [6, 6.07) is 19.3. The Morgan fingerprint density at radius 3 is 2.76 bits per heavy atom. The lowest BCUT2D eigenvalue weighted by molar-refractivity contribution is -0.384. The van der Waals surface area contributed by atoms with Gasteiger partial charge in [0.15, 0.2) is 0 Å². The lowest BCUT2D eigenvalue weighted by Crippen LogP contribution is -1.87. The van der Waals surface area contributed by atoms with Crippen molar-refractivity contribution in [3.05, 3.63) is 88.5 Å². The van der Waals surface area contributed by atoms with Gasteiger partial charge in [-0.2, -0.15) is 0 Å². The molecule has 6 nitrogen and oxygen atoms in total. The molecule has 0 saturated carbocycles. The molecule has 1 heterocycles. The normalized spacial score (nSPS) is 11.6. The number of thiazole rings is 1. The van der Waals surface area contributed by atoms with Gasteiger partial charge in [0.05, 0.1) is 26.4 Å². The van der Waals surface area contributed by atoms with E-state index in [0.717, 1.165) is 15.2 Å². The molecule has 142 valence electrons. The molecule has 0 saturated heterocycles. The molecule has 0 radical (unpaired) electrons. The molecule has 4 rings (SSSR count). The zero-order valence-electron chi connectivity index (χ0n) is 15.1. The Bertz CT molecular complexity index is 1230. The summed E-state index contributed by atoms with van der Waals surface area (Å²) in [6.07, 6.45) is 5.06. The molecule has 3 aromatic carbocycles. The van der Waals surface area contributed by atoms with Crippen LogP contribution < -0.4 is 0 Å². The van der Waals surface area contributed by atoms with Crippen LogP contribution in [0.25, 0.3) is 26.9 Å². The maximum Gasteiger partial charge on any atom is 0.270 e. The second kappa shape index (κ2) is 8.04. The predicted octanol–water partition coefficient (Wildman–Crippen LogP) is 5.99. The summed E-state index contributed by atoms with van der Waals surface area (Å²) in [5.41, 5.74) is 2.94. The van der Waals surface area contributed by atoms with E-state index in [9.17, 15) is 15.2 Å². The zero-order valence-corrected chi connectivity index (χ0v) is 15.9. The molecule has 0 fully saturated rings. The average molecular weight is 401 g/mol. The van der Waals surface area contributed by atoms with E-state index in [2.05, 4.69) is 9.98 Å². The Labute approximate surface area is 170 Å². The van der Waals surface area contributed by atoms with Crippen LogP contribution in [0, 0.1) is 10.1 Å². The maximum absolute atomic E-state index is 10.8. The number of nitrogens with zero attached hydrogens (tertiary/aromatic N) is 3. The minimum Gasteiger partial charge on any atom is -0.507 e. The summed E-state index contributed by atoms with van der Waals surface area (Å²) in [5.74, 6) is 0.148. The molecule has 0 spiro atoms. The largest absolute Gasteiger partial charge is 0.507 e. The quantitative estimate of drug-likeness (QED) is 0.253. The molecule has 4 aromatic rings. The van der Waals surface area contributed by atoms with Crippen LogP contribution in [0.5, 0.6) is 5.75 Å². The van der Waals surface area contributed by atoms with Gasteiger partial charge in [0.25, 0.3) is 5.69 Å². The molecule has 29 heavy (non-hydrogen) atoms. The van der Waals surface area contributed by atoms with Gasteiger partial charge in [0.2, 0.25) is 0 Å². The molecule has 0 aliphatic carbocycles. The van der Waals surface area contributed by atoms with Crippen molar-refractivity contribution >= 4 is 45.2 Å². The van der Waals surface area contributed by atoms with Crippen molar-refractivity contribution in [3.63, 3.8) is 0 Å². The fourth-order valence-corrected chi connectivity index (χ4v) is 3.78. The Morgan fingerprint density at radius 1 is 1.07 bits per heavy atom. The number of nitro groups is 1. The number of non-ortho nitro benzene ring substituents is 1. The molecule has 0 aliphatic heterocycles. The fraction of sp³-hybridized carbons (Fsp3) is 0. The number of rotatable bonds is 5. The van der Waals surface area contributed by atoms with Crippen LogP contribution in [0.4, 0.5) is 11.4 Å². The summed E-state index contributed by atoms with van der Waals surface area (Å²) in [6.45, 7) is 0. The summed E-state index contributed by atoms with van der Waals surface area (Å²) in [7, 11) is 0. The molecule has 0 amide bonds. The molecule has 1 aromatic heterocycles. The number of benzene rings is 3. The Morgan fingerprint density at radius 2 is 1.93 bits per heavy atom. The van der Waals surface area contributed by atoms with E-state index >= 15 is 0 Å². The number of aliphatic imine (C=N–C) groups is 1. The van der Waals surface area contributed by atoms with Gasteiger partial charge in [-0.25, -0.2) is 4.98 Å². The van der Waals surface area contributed by atoms with Gasteiger partial charge in [0, 0.05) is 18.3 Å². The average Bonchev–Trinajstić information content (AvgIpc) is 3.16. The number of nitro benzene ring substituents is 1. The van der Waals surface area contributed by atoms with Crippen molar-refractivity contribution in [1.29, 1.82) is 0 Å². The lowest BCUT2D eigenvalue weighted by atomic mass is 10.2. The summed E-state index contributed by atoms with van der Waals surface area (Å²) in [5, 5.41) is 21.8. The molecule has 0 unspecified atom stereocenters. The van der Waals surface area contributed by atoms with Crippen molar-refractivity contribution in [2.45, 2.75) is 0 Å². The SMILES string of the molecule is O=[N+]([O-])c1cccc(C=CC=Nc2ccc(O)c(-c3nc4ccccc4s3)c2)c1. The number of aromatic hydroxyl groups is 1. The van der Waals surface area contributed by atoms with Crippen LogP contribution in [-0.2, 0) is 0 Å². The van der Waals surface area contributed by atoms with Gasteiger partial charge < -0.3 is 5.11 Å². The monoisotopic (exact) mass is 401 g/mol. The van der Waals surface area contributed by atoms with Gasteiger partial charge in [-0.3, -0.25) is 15.1 Å². The zero-order chi connectivity index (χ0) is 20.2. The molecular weight excluding hydrogens is 386 g/mol. The van der Waals surface area contributed by atoms with Crippen LogP contribution >= 0.6 is 11.3 Å². The van der Waals surface area contributed by atoms with E-state index in [-0.39, 0.29) is 11.4 Å². The first-order valence-electron chi connectivity index (χ1n) is 8.74. The first-order chi connectivity index (χ1) is 14.1. The summed E-state index contributed by atoms with van der Waals surface area (Å²) in [4.78, 5) is 19.4. The second-order valence-corrected chi connectivity index (χ2v) is 7.21. The lowest BCUT2D eigenvalue weighted by Gasteiger charge is -2.02. The third-order valence-electron chi connectivity index (χ3n) is 4.18. The van der Waals surface area contributed by atoms with Gasteiger partial charge >= 0.3 is 0 Å². The van der Waals surface area contributed by atoms with Gasteiger partial charge in [-0.1, -0.05) is 30.3 Å². The predicted molar refractivity (Wildman–Crippen MR) is 117 cm³/mol. The maximum atomic E-state index is 10.8. The van der Waals surface area contributed by atoms with Crippen molar-refractivity contribution < 1.29 is 10.0 Å². The number of aromatic nitrogens is 1. The topological polar surface area (TPSA) is 88.6 Å². The van der Waals surface area contributed by atoms with E-state index in [1.165, 1.54) is 23.5 Å². The second-order valence-electron chi connectivity index (χ2n) is 6.18. The van der Waals surface area contributed by atoms with Crippen LogP contribution in [0.15, 0.2) is 77.8 Å². The number of allylic oxidation sites excluding steroid dienone is 1. The van der Waals surface area contributed by atoms with Crippen molar-refractivity contribution in [1.82, 2.24) is 4.98 Å². The molecule has 0 bridgehead atoms. The standard InChI is InChI=1S/C22H15N3O3S/c26-20-11-10-16(14-18(20)22-24-19-8-1-2-9-21(19)29-22)23-12-4-6-15-5-3-7-17(13-15)25(27)28/h1-14,26H. The van der Waals surface area contributed by atoms with E-state index in [1.807, 2.05) is 24.3 Å². The highest BCUT2D eigenvalue weighted by Crippen LogP contribution is 2.37. The number of phenols is 1. The van der Waals surface area contributed by atoms with Crippen LogP contribution in [0.2, 0.25) is 0 Å². The third-order valence-corrected chi connectivity index (χ3v) is 5.25. The number of hydrogen-bond acceptors (Lipinski definition) is 6. The van der Waals surface area contributed by atoms with Crippen LogP contribution in [-0.4, -0.2) is 21.2 Å². The molecule has 0 aliphatic rings. The fourth-order valence-electron chi connectivity index (χ4n) is 2.79. The van der Waals surface area contributed by atoms with Gasteiger partial charge in [-0.15, -0.1) is 11.3 Å². The first kappa shape index (κ1) is 18.5. The minimum atomic E-state index is -0.425. The summed E-state index contributed by atoms with van der Waals surface area (Å²) >= 11 is 1.51. The number of hydrogen-bond donors (Lipinski definition) is 1. The van der Waals surface area contributed by atoms with E-state index in [1.54, 1.807) is 48.7 Å². The molecule has 7 heteroatoms. The van der Waals surface area contributed by atoms with Crippen LogP contribution in [0.1, 0.15) is 5.56 Å². The number of para-hydroxylation sites is 1. The highest BCUT2D eigenvalue weighted by molar-refractivity contribution is 7.21. The molecule has 1 N–H and O–H groups in total. The minimum absolute atomic E-state index is 0.0445. The van der Waals surface area contributed by atoms with E-state index < -0.39 is 4.92 Å². The van der Waals surface area contributed by atoms with Crippen molar-refractivity contribution in [2.75, 3.05) is 0 Å². The summed E-state index contributed by atoms with van der Waals surface area (Å²) < 4.78 is 1.05. The first-order valence-corrected chi connectivity index (χ1v) is 9.56.